The molecular formula is C15H32N2O2. The average Bonchev–Trinajstić information content (AvgIpc) is 2.34. The summed E-state index contributed by atoms with van der Waals surface area (Å²) in [6, 6.07) is 1.17. The first-order valence-corrected chi connectivity index (χ1v) is 7.49. The summed E-state index contributed by atoms with van der Waals surface area (Å²) in [5.41, 5.74) is 0.317. The first-order valence-electron chi connectivity index (χ1n) is 7.49. The van der Waals surface area contributed by atoms with Gasteiger partial charge >= 0.3 is 0 Å². The molecule has 2 unspecified atom stereocenters. The predicted molar refractivity (Wildman–Crippen MR) is 79.6 cm³/mol. The van der Waals surface area contributed by atoms with Crippen molar-refractivity contribution < 1.29 is 9.47 Å². The van der Waals surface area contributed by atoms with E-state index in [1.165, 1.54) is 0 Å². The number of rotatable bonds is 7. The highest BCUT2D eigenvalue weighted by atomic mass is 16.5. The summed E-state index contributed by atoms with van der Waals surface area (Å²) in [6.07, 6.45) is 0.984. The Morgan fingerprint density at radius 1 is 1.21 bits per heavy atom. The van der Waals surface area contributed by atoms with Gasteiger partial charge < -0.3 is 14.8 Å². The monoisotopic (exact) mass is 272 g/mol. The van der Waals surface area contributed by atoms with Gasteiger partial charge in [0.25, 0.3) is 0 Å². The molecular weight excluding hydrogens is 240 g/mol. The minimum absolute atomic E-state index is 0.317. The number of hydrogen-bond donors (Lipinski definition) is 1. The van der Waals surface area contributed by atoms with E-state index in [9.17, 15) is 0 Å². The molecule has 4 heteroatoms. The van der Waals surface area contributed by atoms with Crippen LogP contribution in [0.3, 0.4) is 0 Å². The molecule has 4 nitrogen and oxygen atoms in total. The number of nitrogens with one attached hydrogen (secondary N) is 1. The standard InChI is InChI=1S/C15H32N2O2/c1-13-11-16-14(15(2,3)4)12-17(13)7-10-19-9-6-8-18-5/h13-14,16H,6-12H2,1-5H3. The Kier molecular flexibility index (Phi) is 7.29. The zero-order valence-electron chi connectivity index (χ0n) is 13.4. The molecule has 19 heavy (non-hydrogen) atoms. The summed E-state index contributed by atoms with van der Waals surface area (Å²) in [7, 11) is 1.73. The van der Waals surface area contributed by atoms with E-state index in [0.29, 0.717) is 17.5 Å². The molecule has 1 fully saturated rings. The Hall–Kier alpha value is -0.160. The summed E-state index contributed by atoms with van der Waals surface area (Å²) < 4.78 is 10.7. The van der Waals surface area contributed by atoms with Gasteiger partial charge in [-0.2, -0.15) is 0 Å². The topological polar surface area (TPSA) is 33.7 Å². The van der Waals surface area contributed by atoms with Crippen molar-refractivity contribution in [3.63, 3.8) is 0 Å². The highest BCUT2D eigenvalue weighted by molar-refractivity contribution is 4.90. The second kappa shape index (κ2) is 8.20. The molecule has 1 rings (SSSR count). The van der Waals surface area contributed by atoms with Gasteiger partial charge in [-0.1, -0.05) is 20.8 Å². The average molecular weight is 272 g/mol. The van der Waals surface area contributed by atoms with Crippen molar-refractivity contribution >= 4 is 0 Å². The Morgan fingerprint density at radius 2 is 1.95 bits per heavy atom. The SMILES string of the molecule is COCCCOCCN1CC(C(C)(C)C)NCC1C. The van der Waals surface area contributed by atoms with Gasteiger partial charge in [-0.05, 0) is 18.8 Å². The number of hydrogen-bond acceptors (Lipinski definition) is 4. The number of nitrogens with zero attached hydrogens (tertiary/aromatic N) is 1. The molecule has 1 aliphatic rings. The largest absolute Gasteiger partial charge is 0.385 e. The lowest BCUT2D eigenvalue weighted by Crippen LogP contribution is -2.59. The van der Waals surface area contributed by atoms with E-state index in [1.807, 2.05) is 0 Å². The fraction of sp³-hybridized carbons (Fsp3) is 1.00. The van der Waals surface area contributed by atoms with Gasteiger partial charge in [0, 0.05) is 52.0 Å². The van der Waals surface area contributed by atoms with Crippen LogP contribution in [0.5, 0.6) is 0 Å². The molecule has 1 N–H and O–H groups in total. The van der Waals surface area contributed by atoms with Crippen molar-refractivity contribution in [2.45, 2.75) is 46.2 Å². The van der Waals surface area contributed by atoms with Crippen molar-refractivity contribution in [1.29, 1.82) is 0 Å². The number of methoxy groups -OCH3 is 1. The summed E-state index contributed by atoms with van der Waals surface area (Å²) >= 11 is 0. The molecule has 1 heterocycles. The van der Waals surface area contributed by atoms with Crippen LogP contribution in [0, 0.1) is 5.41 Å². The highest BCUT2D eigenvalue weighted by Gasteiger charge is 2.31. The summed E-state index contributed by atoms with van der Waals surface area (Å²) in [5.74, 6) is 0. The fourth-order valence-corrected chi connectivity index (χ4v) is 2.40. The van der Waals surface area contributed by atoms with Gasteiger partial charge in [0.1, 0.15) is 0 Å². The van der Waals surface area contributed by atoms with Gasteiger partial charge in [0.15, 0.2) is 0 Å². The van der Waals surface area contributed by atoms with Crippen LogP contribution < -0.4 is 5.32 Å². The first-order chi connectivity index (χ1) is 8.95. The van der Waals surface area contributed by atoms with Crippen LogP contribution >= 0.6 is 0 Å². The van der Waals surface area contributed by atoms with Crippen molar-refractivity contribution in [1.82, 2.24) is 10.2 Å². The summed E-state index contributed by atoms with van der Waals surface area (Å²) in [6.45, 7) is 14.8. The molecule has 0 aromatic rings. The minimum Gasteiger partial charge on any atom is -0.385 e. The summed E-state index contributed by atoms with van der Waals surface area (Å²) in [5, 5.41) is 3.66. The van der Waals surface area contributed by atoms with E-state index < -0.39 is 0 Å². The van der Waals surface area contributed by atoms with E-state index in [1.54, 1.807) is 7.11 Å². The molecule has 0 saturated carbocycles. The van der Waals surface area contributed by atoms with Gasteiger partial charge in [0.2, 0.25) is 0 Å². The first kappa shape index (κ1) is 16.9. The molecule has 0 spiro atoms. The number of ether oxygens (including phenoxy) is 2. The van der Waals surface area contributed by atoms with Crippen molar-refractivity contribution in [2.24, 2.45) is 5.41 Å². The highest BCUT2D eigenvalue weighted by Crippen LogP contribution is 2.23. The maximum Gasteiger partial charge on any atom is 0.0593 e. The quantitative estimate of drug-likeness (QED) is 0.716. The van der Waals surface area contributed by atoms with Gasteiger partial charge in [-0.25, -0.2) is 0 Å². The van der Waals surface area contributed by atoms with Crippen LogP contribution in [-0.4, -0.2) is 63.5 Å². The van der Waals surface area contributed by atoms with E-state index in [0.717, 1.165) is 45.9 Å². The molecule has 0 aromatic carbocycles. The maximum absolute atomic E-state index is 5.67. The minimum atomic E-state index is 0.317. The molecule has 114 valence electrons. The molecule has 0 amide bonds. The Bertz CT molecular complexity index is 241. The third kappa shape index (κ3) is 6.21. The van der Waals surface area contributed by atoms with Crippen LogP contribution in [0.4, 0.5) is 0 Å². The van der Waals surface area contributed by atoms with E-state index in [-0.39, 0.29) is 0 Å². The Labute approximate surface area is 118 Å². The van der Waals surface area contributed by atoms with Crippen molar-refractivity contribution in [2.75, 3.05) is 46.6 Å². The van der Waals surface area contributed by atoms with Crippen molar-refractivity contribution in [3.05, 3.63) is 0 Å². The van der Waals surface area contributed by atoms with Gasteiger partial charge in [-0.15, -0.1) is 0 Å². The molecule has 2 atom stereocenters. The van der Waals surface area contributed by atoms with Crippen molar-refractivity contribution in [3.8, 4) is 0 Å². The second-order valence-corrected chi connectivity index (χ2v) is 6.63. The third-order valence-electron chi connectivity index (χ3n) is 3.91. The predicted octanol–water partition coefficient (Wildman–Crippen LogP) is 1.75. The normalized spacial score (nSPS) is 25.7. The van der Waals surface area contributed by atoms with Gasteiger partial charge in [-0.3, -0.25) is 4.90 Å². The van der Waals surface area contributed by atoms with E-state index >= 15 is 0 Å². The fourth-order valence-electron chi connectivity index (χ4n) is 2.40. The van der Waals surface area contributed by atoms with Crippen LogP contribution in [-0.2, 0) is 9.47 Å². The molecule has 0 aromatic heterocycles. The molecule has 0 aliphatic carbocycles. The van der Waals surface area contributed by atoms with E-state index in [2.05, 4.69) is 37.9 Å². The zero-order chi connectivity index (χ0) is 14.3. The Morgan fingerprint density at radius 3 is 2.58 bits per heavy atom. The van der Waals surface area contributed by atoms with Gasteiger partial charge in [0.05, 0.1) is 6.61 Å². The smallest absolute Gasteiger partial charge is 0.0593 e. The number of piperazine rings is 1. The lowest BCUT2D eigenvalue weighted by atomic mass is 9.85. The lowest BCUT2D eigenvalue weighted by Gasteiger charge is -2.44. The van der Waals surface area contributed by atoms with Crippen LogP contribution in [0.25, 0.3) is 0 Å². The second-order valence-electron chi connectivity index (χ2n) is 6.63. The lowest BCUT2D eigenvalue weighted by molar-refractivity contribution is 0.0456. The Balaban J connectivity index is 2.23. The van der Waals surface area contributed by atoms with Crippen LogP contribution in [0.1, 0.15) is 34.1 Å². The molecule has 1 saturated heterocycles. The third-order valence-corrected chi connectivity index (χ3v) is 3.91. The zero-order valence-corrected chi connectivity index (χ0v) is 13.4. The summed E-state index contributed by atoms with van der Waals surface area (Å²) in [4.78, 5) is 2.54. The van der Waals surface area contributed by atoms with Crippen LogP contribution in [0.15, 0.2) is 0 Å². The van der Waals surface area contributed by atoms with E-state index in [4.69, 9.17) is 9.47 Å². The molecule has 0 radical (unpaired) electrons. The van der Waals surface area contributed by atoms with Crippen LogP contribution in [0.2, 0.25) is 0 Å². The maximum atomic E-state index is 5.67. The molecule has 1 aliphatic heterocycles. The molecule has 0 bridgehead atoms.